The molecular formula is C74H138O6. The molecule has 0 heterocycles. The first-order chi connectivity index (χ1) is 39.5. The maximum Gasteiger partial charge on any atom is 0.306 e. The van der Waals surface area contributed by atoms with Crippen molar-refractivity contribution in [2.24, 2.45) is 0 Å². The van der Waals surface area contributed by atoms with Crippen LogP contribution in [-0.2, 0) is 28.6 Å². The Bertz CT molecular complexity index is 1340. The molecule has 6 heteroatoms. The number of allylic oxidation sites excluding steroid dienone is 6. The number of ether oxygens (including phenoxy) is 3. The normalized spacial score (nSPS) is 12.2. The van der Waals surface area contributed by atoms with Crippen molar-refractivity contribution in [2.45, 2.75) is 406 Å². The molecular weight excluding hydrogens is 985 g/mol. The molecule has 6 nitrogen and oxygen atoms in total. The Morgan fingerprint density at radius 1 is 0.263 bits per heavy atom. The van der Waals surface area contributed by atoms with Gasteiger partial charge in [-0.2, -0.15) is 0 Å². The molecule has 0 saturated carbocycles. The number of carbonyl (C=O) groups is 3. The average Bonchev–Trinajstić information content (AvgIpc) is 3.46. The van der Waals surface area contributed by atoms with Gasteiger partial charge < -0.3 is 14.2 Å². The molecule has 0 saturated heterocycles. The van der Waals surface area contributed by atoms with Crippen LogP contribution in [0.3, 0.4) is 0 Å². The molecule has 0 aliphatic carbocycles. The number of carbonyl (C=O) groups excluding carboxylic acids is 3. The summed E-state index contributed by atoms with van der Waals surface area (Å²) in [7, 11) is 0. The van der Waals surface area contributed by atoms with Gasteiger partial charge in [-0.1, -0.05) is 365 Å². The van der Waals surface area contributed by atoms with E-state index in [0.29, 0.717) is 19.3 Å². The number of rotatable bonds is 67. The third kappa shape index (κ3) is 66.4. The van der Waals surface area contributed by atoms with E-state index in [9.17, 15) is 14.4 Å². The summed E-state index contributed by atoms with van der Waals surface area (Å²) in [4.78, 5) is 38.4. The zero-order valence-corrected chi connectivity index (χ0v) is 54.1. The number of unbranched alkanes of at least 4 members (excludes halogenated alkanes) is 50. The van der Waals surface area contributed by atoms with Crippen molar-refractivity contribution in [1.82, 2.24) is 0 Å². The van der Waals surface area contributed by atoms with E-state index < -0.39 is 6.10 Å². The molecule has 0 N–H and O–H groups in total. The van der Waals surface area contributed by atoms with Gasteiger partial charge in [0.2, 0.25) is 0 Å². The Kier molecular flexibility index (Phi) is 67.1. The first kappa shape index (κ1) is 77.6. The molecule has 0 aromatic rings. The van der Waals surface area contributed by atoms with Crippen LogP contribution in [0, 0.1) is 0 Å². The molecule has 0 fully saturated rings. The van der Waals surface area contributed by atoms with Gasteiger partial charge in [0.05, 0.1) is 0 Å². The van der Waals surface area contributed by atoms with Gasteiger partial charge in [0.25, 0.3) is 0 Å². The SMILES string of the molecule is CC/C=C\C/C=C\C/C=C\CCCCCC(=O)OCC(COC(=O)CCCCCCCCCCCCCCCCCCCCCCCCCCCCCCCCC)OC(=O)CCCCCCCCCCCCCCCCCCCC. The topological polar surface area (TPSA) is 78.9 Å². The van der Waals surface area contributed by atoms with Crippen molar-refractivity contribution in [1.29, 1.82) is 0 Å². The molecule has 0 aliphatic rings. The van der Waals surface area contributed by atoms with Gasteiger partial charge in [0, 0.05) is 19.3 Å². The maximum atomic E-state index is 12.9. The molecule has 0 rings (SSSR count). The predicted molar refractivity (Wildman–Crippen MR) is 349 cm³/mol. The fourth-order valence-corrected chi connectivity index (χ4v) is 11.1. The molecule has 470 valence electrons. The van der Waals surface area contributed by atoms with Gasteiger partial charge in [0.15, 0.2) is 6.10 Å². The van der Waals surface area contributed by atoms with Gasteiger partial charge in [-0.05, 0) is 51.4 Å². The molecule has 0 bridgehead atoms. The van der Waals surface area contributed by atoms with Gasteiger partial charge in [-0.3, -0.25) is 14.4 Å². The van der Waals surface area contributed by atoms with Crippen LogP contribution in [0.15, 0.2) is 36.5 Å². The van der Waals surface area contributed by atoms with Crippen molar-refractivity contribution >= 4 is 17.9 Å². The largest absolute Gasteiger partial charge is 0.462 e. The summed E-state index contributed by atoms with van der Waals surface area (Å²) in [5, 5.41) is 0. The van der Waals surface area contributed by atoms with E-state index in [1.807, 2.05) is 0 Å². The first-order valence-corrected chi connectivity index (χ1v) is 36.0. The molecule has 0 amide bonds. The van der Waals surface area contributed by atoms with Crippen molar-refractivity contribution < 1.29 is 28.6 Å². The monoisotopic (exact) mass is 1120 g/mol. The lowest BCUT2D eigenvalue weighted by Crippen LogP contribution is -2.30. The molecule has 0 aromatic carbocycles. The lowest BCUT2D eigenvalue weighted by molar-refractivity contribution is -0.167. The van der Waals surface area contributed by atoms with Crippen LogP contribution in [0.2, 0.25) is 0 Å². The van der Waals surface area contributed by atoms with Crippen LogP contribution >= 0.6 is 0 Å². The van der Waals surface area contributed by atoms with E-state index in [-0.39, 0.29) is 31.1 Å². The van der Waals surface area contributed by atoms with Gasteiger partial charge >= 0.3 is 17.9 Å². The fourth-order valence-electron chi connectivity index (χ4n) is 11.1. The standard InChI is InChI=1S/C74H138O6/c1-4-7-10-13-16-19-22-25-27-29-31-32-33-34-35-36-37-38-39-40-41-42-43-45-46-49-52-55-58-61-64-67-73(76)79-70-71(69-78-72(75)66-63-60-57-54-51-48-24-21-18-15-12-9-6-3)80-74(77)68-65-62-59-56-53-50-47-44-30-28-26-23-20-17-14-11-8-5-2/h9,12,18,21,48,51,71H,4-8,10-11,13-17,19-20,22-47,49-50,52-70H2,1-3H3/b12-9-,21-18-,51-48-. The maximum absolute atomic E-state index is 12.9. The van der Waals surface area contributed by atoms with Crippen LogP contribution < -0.4 is 0 Å². The summed E-state index contributed by atoms with van der Waals surface area (Å²) < 4.78 is 17.0. The van der Waals surface area contributed by atoms with Gasteiger partial charge in [-0.15, -0.1) is 0 Å². The highest BCUT2D eigenvalue weighted by Crippen LogP contribution is 2.19. The zero-order chi connectivity index (χ0) is 57.8. The van der Waals surface area contributed by atoms with E-state index >= 15 is 0 Å². The minimum absolute atomic E-state index is 0.0758. The van der Waals surface area contributed by atoms with Crippen molar-refractivity contribution in [3.8, 4) is 0 Å². The van der Waals surface area contributed by atoms with Crippen LogP contribution in [0.5, 0.6) is 0 Å². The second-order valence-electron chi connectivity index (χ2n) is 24.5. The van der Waals surface area contributed by atoms with E-state index in [4.69, 9.17) is 14.2 Å². The summed E-state index contributed by atoms with van der Waals surface area (Å²) in [6.45, 7) is 6.58. The van der Waals surface area contributed by atoms with E-state index in [0.717, 1.165) is 83.5 Å². The minimum atomic E-state index is -0.781. The molecule has 1 unspecified atom stereocenters. The Morgan fingerprint density at radius 2 is 0.487 bits per heavy atom. The van der Waals surface area contributed by atoms with E-state index in [2.05, 4.69) is 57.2 Å². The Labute approximate surface area is 499 Å². The minimum Gasteiger partial charge on any atom is -0.462 e. The predicted octanol–water partition coefficient (Wildman–Crippen LogP) is 24.7. The van der Waals surface area contributed by atoms with E-state index in [1.165, 1.54) is 276 Å². The third-order valence-corrected chi connectivity index (χ3v) is 16.4. The smallest absolute Gasteiger partial charge is 0.306 e. The molecule has 0 aromatic heterocycles. The highest BCUT2D eigenvalue weighted by Gasteiger charge is 2.19. The lowest BCUT2D eigenvalue weighted by atomic mass is 10.0. The van der Waals surface area contributed by atoms with E-state index in [1.54, 1.807) is 0 Å². The Balaban J connectivity index is 4.13. The van der Waals surface area contributed by atoms with Crippen molar-refractivity contribution in [3.63, 3.8) is 0 Å². The average molecular weight is 1120 g/mol. The molecule has 0 spiro atoms. The Morgan fingerprint density at radius 3 is 0.762 bits per heavy atom. The highest BCUT2D eigenvalue weighted by atomic mass is 16.6. The number of hydrogen-bond acceptors (Lipinski definition) is 6. The molecule has 1 atom stereocenters. The van der Waals surface area contributed by atoms with Crippen LogP contribution in [0.4, 0.5) is 0 Å². The first-order valence-electron chi connectivity index (χ1n) is 36.0. The molecule has 0 radical (unpaired) electrons. The third-order valence-electron chi connectivity index (χ3n) is 16.4. The second kappa shape index (κ2) is 69.1. The molecule has 0 aliphatic heterocycles. The summed E-state index contributed by atoms with van der Waals surface area (Å²) in [6, 6.07) is 0. The number of esters is 3. The van der Waals surface area contributed by atoms with Gasteiger partial charge in [0.1, 0.15) is 13.2 Å². The van der Waals surface area contributed by atoms with Crippen LogP contribution in [-0.4, -0.2) is 37.2 Å². The van der Waals surface area contributed by atoms with Gasteiger partial charge in [-0.25, -0.2) is 0 Å². The highest BCUT2D eigenvalue weighted by molar-refractivity contribution is 5.71. The summed E-state index contributed by atoms with van der Waals surface area (Å²) >= 11 is 0. The lowest BCUT2D eigenvalue weighted by Gasteiger charge is -2.18. The molecule has 80 heavy (non-hydrogen) atoms. The zero-order valence-electron chi connectivity index (χ0n) is 54.1. The fraction of sp³-hybridized carbons (Fsp3) is 0.878. The van der Waals surface area contributed by atoms with Crippen molar-refractivity contribution in [3.05, 3.63) is 36.5 Å². The van der Waals surface area contributed by atoms with Crippen LogP contribution in [0.1, 0.15) is 400 Å². The van der Waals surface area contributed by atoms with Crippen LogP contribution in [0.25, 0.3) is 0 Å². The Hall–Kier alpha value is -2.37. The quantitative estimate of drug-likeness (QED) is 0.0261. The number of hydrogen-bond donors (Lipinski definition) is 0. The summed E-state index contributed by atoms with van der Waals surface area (Å²) in [5.41, 5.74) is 0. The second-order valence-corrected chi connectivity index (χ2v) is 24.5. The summed E-state index contributed by atoms with van der Waals surface area (Å²) in [5.74, 6) is -0.878. The van der Waals surface area contributed by atoms with Crippen molar-refractivity contribution in [2.75, 3.05) is 13.2 Å². The summed E-state index contributed by atoms with van der Waals surface area (Å²) in [6.07, 6.45) is 86.3.